The Kier molecular flexibility index (Phi) is 2.80. The molecule has 0 unspecified atom stereocenters. The Morgan fingerprint density at radius 3 is 2.84 bits per heavy atom. The number of aryl methyl sites for hydroxylation is 1. The lowest BCUT2D eigenvalue weighted by Gasteiger charge is -2.29. The van der Waals surface area contributed by atoms with Crippen LogP contribution in [0.25, 0.3) is 11.0 Å². The Morgan fingerprint density at radius 1 is 1.42 bits per heavy atom. The van der Waals surface area contributed by atoms with Gasteiger partial charge in [0.2, 0.25) is 0 Å². The first kappa shape index (κ1) is 12.5. The number of aliphatic hydroxyl groups excluding tert-OH is 2. The summed E-state index contributed by atoms with van der Waals surface area (Å²) in [6, 6.07) is 0. The first-order valence-electron chi connectivity index (χ1n) is 6.57. The largest absolute Gasteiger partial charge is 0.504 e. The minimum Gasteiger partial charge on any atom is -0.504 e. The summed E-state index contributed by atoms with van der Waals surface area (Å²) in [4.78, 5) is 0. The van der Waals surface area contributed by atoms with Crippen LogP contribution in [0.5, 0.6) is 5.75 Å². The maximum atomic E-state index is 10.4. The van der Waals surface area contributed by atoms with Gasteiger partial charge in [0.05, 0.1) is 19.0 Å². The van der Waals surface area contributed by atoms with E-state index in [-0.39, 0.29) is 18.3 Å². The highest BCUT2D eigenvalue weighted by molar-refractivity contribution is 5.92. The number of aliphatic hydroxyl groups is 2. The van der Waals surface area contributed by atoms with Gasteiger partial charge in [-0.2, -0.15) is 0 Å². The molecular weight excluding hydrogens is 244 g/mol. The van der Waals surface area contributed by atoms with Crippen molar-refractivity contribution in [1.29, 1.82) is 0 Å². The van der Waals surface area contributed by atoms with Gasteiger partial charge >= 0.3 is 0 Å². The van der Waals surface area contributed by atoms with Crippen molar-refractivity contribution in [1.82, 2.24) is 0 Å². The van der Waals surface area contributed by atoms with Gasteiger partial charge in [-0.1, -0.05) is 6.92 Å². The average molecular weight is 262 g/mol. The Bertz CT molecular complexity index is 641. The highest BCUT2D eigenvalue weighted by Gasteiger charge is 2.31. The molecule has 1 aromatic heterocycles. The maximum absolute atomic E-state index is 10.4. The number of rotatable bonds is 1. The van der Waals surface area contributed by atoms with Gasteiger partial charge in [0.1, 0.15) is 0 Å². The van der Waals surface area contributed by atoms with E-state index >= 15 is 0 Å². The molecule has 3 rings (SSSR count). The third-order valence-electron chi connectivity index (χ3n) is 4.14. The first-order valence-corrected chi connectivity index (χ1v) is 6.57. The van der Waals surface area contributed by atoms with Crippen LogP contribution in [0.4, 0.5) is 0 Å². The number of phenolic OH excluding ortho intramolecular Hbond substituents is 1. The zero-order valence-electron chi connectivity index (χ0n) is 11.1. The molecule has 0 amide bonds. The van der Waals surface area contributed by atoms with Crippen molar-refractivity contribution < 1.29 is 19.7 Å². The van der Waals surface area contributed by atoms with Crippen molar-refractivity contribution in [3.05, 3.63) is 28.5 Å². The van der Waals surface area contributed by atoms with Crippen LogP contribution in [0.15, 0.2) is 10.7 Å². The minimum absolute atomic E-state index is 0.0834. The molecule has 1 heterocycles. The van der Waals surface area contributed by atoms with Crippen LogP contribution in [-0.2, 0) is 13.0 Å². The number of phenols is 1. The van der Waals surface area contributed by atoms with Crippen molar-refractivity contribution in [3.63, 3.8) is 0 Å². The third-order valence-corrected chi connectivity index (χ3v) is 4.14. The van der Waals surface area contributed by atoms with Crippen molar-refractivity contribution >= 4 is 11.0 Å². The monoisotopic (exact) mass is 262 g/mol. The van der Waals surface area contributed by atoms with Crippen LogP contribution in [0.3, 0.4) is 0 Å². The molecular formula is C15H18O4. The van der Waals surface area contributed by atoms with Gasteiger partial charge in [-0.25, -0.2) is 0 Å². The third kappa shape index (κ3) is 1.67. The van der Waals surface area contributed by atoms with Crippen LogP contribution >= 0.6 is 0 Å². The Hall–Kier alpha value is -1.52. The summed E-state index contributed by atoms with van der Waals surface area (Å²) in [5.74, 6) is 0.228. The molecule has 102 valence electrons. The summed E-state index contributed by atoms with van der Waals surface area (Å²) in [5.41, 5.74) is 3.85. The number of hydrogen-bond donors (Lipinski definition) is 3. The number of benzene rings is 1. The predicted octanol–water partition coefficient (Wildman–Crippen LogP) is 2.35. The van der Waals surface area contributed by atoms with Gasteiger partial charge < -0.3 is 19.7 Å². The molecule has 1 aliphatic carbocycles. The van der Waals surface area contributed by atoms with Crippen LogP contribution in [-0.4, -0.2) is 21.4 Å². The molecule has 1 aliphatic rings. The molecule has 0 radical (unpaired) electrons. The molecule has 4 nitrogen and oxygen atoms in total. The zero-order chi connectivity index (χ0) is 13.7. The van der Waals surface area contributed by atoms with Crippen LogP contribution in [0, 0.1) is 6.92 Å². The smallest absolute Gasteiger partial charge is 0.176 e. The number of fused-ring (bicyclic) bond motifs is 2. The summed E-state index contributed by atoms with van der Waals surface area (Å²) >= 11 is 0. The standard InChI is InChI=1S/C15H18O4/c1-7-3-9(17)4-10-12(7)11(5-16)13-8(2)6-19-15(13)14(10)18/h6-7,9,16-18H,3-5H2,1-2H3/t7-,9+/m0/s1. The molecule has 0 saturated carbocycles. The first-order chi connectivity index (χ1) is 9.04. The van der Waals surface area contributed by atoms with Crippen LogP contribution in [0.1, 0.15) is 41.5 Å². The van der Waals surface area contributed by atoms with E-state index in [2.05, 4.69) is 0 Å². The molecule has 0 saturated heterocycles. The molecule has 0 fully saturated rings. The fraction of sp³-hybridized carbons (Fsp3) is 0.467. The van der Waals surface area contributed by atoms with Gasteiger partial charge in [-0.3, -0.25) is 0 Å². The second-order valence-corrected chi connectivity index (χ2v) is 5.50. The normalized spacial score (nSPS) is 22.7. The van der Waals surface area contributed by atoms with Crippen molar-refractivity contribution in [2.45, 2.75) is 45.3 Å². The van der Waals surface area contributed by atoms with Crippen molar-refractivity contribution in [2.24, 2.45) is 0 Å². The topological polar surface area (TPSA) is 73.8 Å². The number of aromatic hydroxyl groups is 1. The zero-order valence-corrected chi connectivity index (χ0v) is 11.1. The maximum Gasteiger partial charge on any atom is 0.176 e. The van der Waals surface area contributed by atoms with Crippen molar-refractivity contribution in [2.75, 3.05) is 0 Å². The molecule has 2 atom stereocenters. The van der Waals surface area contributed by atoms with Gasteiger partial charge in [0, 0.05) is 17.4 Å². The van der Waals surface area contributed by atoms with E-state index in [4.69, 9.17) is 4.42 Å². The van der Waals surface area contributed by atoms with Crippen molar-refractivity contribution in [3.8, 4) is 5.75 Å². The lowest BCUT2D eigenvalue weighted by molar-refractivity contribution is 0.147. The highest BCUT2D eigenvalue weighted by atomic mass is 16.3. The molecule has 2 aromatic rings. The minimum atomic E-state index is -0.451. The fourth-order valence-electron chi connectivity index (χ4n) is 3.39. The summed E-state index contributed by atoms with van der Waals surface area (Å²) < 4.78 is 5.42. The Morgan fingerprint density at radius 2 is 2.16 bits per heavy atom. The summed E-state index contributed by atoms with van der Waals surface area (Å²) in [6.45, 7) is 3.83. The van der Waals surface area contributed by atoms with E-state index in [1.54, 1.807) is 6.26 Å². The summed E-state index contributed by atoms with van der Waals surface area (Å²) in [5, 5.41) is 30.8. The van der Waals surface area contributed by atoms with E-state index < -0.39 is 6.10 Å². The SMILES string of the molecule is Cc1coc2c(O)c3c(c(CO)c12)[C@@H](C)C[C@@H](O)C3. The Balaban J connectivity index is 2.42. The molecule has 0 aliphatic heterocycles. The summed E-state index contributed by atoms with van der Waals surface area (Å²) in [6.07, 6.45) is 2.21. The molecule has 0 spiro atoms. The Labute approximate surface area is 111 Å². The fourth-order valence-corrected chi connectivity index (χ4v) is 3.39. The molecule has 19 heavy (non-hydrogen) atoms. The number of furan rings is 1. The van der Waals surface area contributed by atoms with Gasteiger partial charge in [0.25, 0.3) is 0 Å². The van der Waals surface area contributed by atoms with E-state index in [1.807, 2.05) is 13.8 Å². The second-order valence-electron chi connectivity index (χ2n) is 5.50. The van der Waals surface area contributed by atoms with E-state index in [0.717, 1.165) is 27.6 Å². The number of hydrogen-bond acceptors (Lipinski definition) is 4. The molecule has 4 heteroatoms. The molecule has 3 N–H and O–H groups in total. The van der Waals surface area contributed by atoms with E-state index in [9.17, 15) is 15.3 Å². The van der Waals surface area contributed by atoms with E-state index in [0.29, 0.717) is 18.4 Å². The lowest BCUT2D eigenvalue weighted by atomic mass is 9.78. The van der Waals surface area contributed by atoms with E-state index in [1.165, 1.54) is 0 Å². The van der Waals surface area contributed by atoms with Gasteiger partial charge in [-0.15, -0.1) is 0 Å². The quantitative estimate of drug-likeness (QED) is 0.737. The molecule has 0 bridgehead atoms. The van der Waals surface area contributed by atoms with Gasteiger partial charge in [0.15, 0.2) is 11.3 Å². The second kappa shape index (κ2) is 4.25. The predicted molar refractivity (Wildman–Crippen MR) is 71.3 cm³/mol. The van der Waals surface area contributed by atoms with Crippen LogP contribution in [0.2, 0.25) is 0 Å². The summed E-state index contributed by atoms with van der Waals surface area (Å²) in [7, 11) is 0. The highest BCUT2D eigenvalue weighted by Crippen LogP contribution is 2.45. The molecule has 1 aromatic carbocycles. The average Bonchev–Trinajstić information content (AvgIpc) is 2.74. The lowest BCUT2D eigenvalue weighted by Crippen LogP contribution is -2.23. The van der Waals surface area contributed by atoms with Gasteiger partial charge in [-0.05, 0) is 36.0 Å². The van der Waals surface area contributed by atoms with Crippen LogP contribution < -0.4 is 0 Å².